The topological polar surface area (TPSA) is 64.1 Å². The molecule has 0 N–H and O–H groups in total. The van der Waals surface area contributed by atoms with Crippen LogP contribution >= 0.6 is 0 Å². The average Bonchev–Trinajstić information content (AvgIpc) is 3.17. The van der Waals surface area contributed by atoms with Gasteiger partial charge >= 0.3 is 0 Å². The number of nitrogens with zero attached hydrogens (tertiary/aromatic N) is 7. The van der Waals surface area contributed by atoms with E-state index in [1.54, 1.807) is 0 Å². The maximum Gasteiger partial charge on any atom is 0.254 e. The first-order valence-corrected chi connectivity index (χ1v) is 9.18. The van der Waals surface area contributed by atoms with Crippen molar-refractivity contribution in [2.45, 2.75) is 31.6 Å². The molecule has 7 nitrogen and oxygen atoms in total. The monoisotopic (exact) mass is 337 g/mol. The van der Waals surface area contributed by atoms with Gasteiger partial charge in [-0.25, -0.2) is 4.98 Å². The van der Waals surface area contributed by atoms with Crippen LogP contribution in [-0.4, -0.2) is 53.9 Å². The van der Waals surface area contributed by atoms with Crippen molar-refractivity contribution in [1.82, 2.24) is 34.3 Å². The Hall–Kier alpha value is -2.28. The van der Waals surface area contributed by atoms with Gasteiger partial charge in [-0.15, -0.1) is 10.2 Å². The van der Waals surface area contributed by atoms with Gasteiger partial charge in [0.25, 0.3) is 5.78 Å². The average molecular weight is 337 g/mol. The molecule has 0 atom stereocenters. The molecule has 25 heavy (non-hydrogen) atoms. The summed E-state index contributed by atoms with van der Waals surface area (Å²) in [4.78, 5) is 7.11. The lowest BCUT2D eigenvalue weighted by atomic mass is 9.96. The summed E-state index contributed by atoms with van der Waals surface area (Å²) in [5, 5.41) is 13.0. The zero-order valence-electron chi connectivity index (χ0n) is 14.5. The van der Waals surface area contributed by atoms with Crippen molar-refractivity contribution in [3.63, 3.8) is 0 Å². The van der Waals surface area contributed by atoms with Crippen molar-refractivity contribution in [2.24, 2.45) is 13.0 Å². The molecule has 2 fully saturated rings. The van der Waals surface area contributed by atoms with Crippen molar-refractivity contribution < 1.29 is 0 Å². The van der Waals surface area contributed by atoms with Crippen LogP contribution in [0, 0.1) is 5.92 Å². The van der Waals surface area contributed by atoms with E-state index in [-0.39, 0.29) is 0 Å². The number of fused-ring (bicyclic) bond motifs is 1. The summed E-state index contributed by atoms with van der Waals surface area (Å²) in [5.41, 5.74) is 2.11. The van der Waals surface area contributed by atoms with E-state index in [0.717, 1.165) is 35.7 Å². The SMILES string of the molecule is Cn1cc(-c2cnc3nnc(C4CCN(CC5CC5)CC4)n3c2)cn1. The van der Waals surface area contributed by atoms with Crippen LogP contribution in [0.25, 0.3) is 16.9 Å². The Bertz CT molecular complexity index is 884. The molecule has 2 aliphatic rings. The van der Waals surface area contributed by atoms with Crippen molar-refractivity contribution in [3.8, 4) is 11.1 Å². The van der Waals surface area contributed by atoms with E-state index >= 15 is 0 Å². The Labute approximate surface area is 146 Å². The van der Waals surface area contributed by atoms with E-state index in [1.165, 1.54) is 32.5 Å². The number of likely N-dealkylation sites (tertiary alicyclic amines) is 1. The standard InChI is InChI=1S/C18H23N7/c1-23-11-16(9-20-23)15-8-19-18-22-21-17(25(18)12-15)14-4-6-24(7-5-14)10-13-2-3-13/h8-9,11-14H,2-7,10H2,1H3. The van der Waals surface area contributed by atoms with E-state index in [1.807, 2.05) is 30.3 Å². The molecule has 0 bridgehead atoms. The summed E-state index contributed by atoms with van der Waals surface area (Å²) in [6.45, 7) is 3.64. The zero-order valence-corrected chi connectivity index (χ0v) is 14.5. The molecule has 7 heteroatoms. The van der Waals surface area contributed by atoms with Crippen molar-refractivity contribution in [2.75, 3.05) is 19.6 Å². The first-order chi connectivity index (χ1) is 12.3. The Balaban J connectivity index is 1.39. The molecule has 0 aromatic carbocycles. The van der Waals surface area contributed by atoms with Crippen LogP contribution in [0.2, 0.25) is 0 Å². The van der Waals surface area contributed by atoms with Gasteiger partial charge in [0.2, 0.25) is 0 Å². The van der Waals surface area contributed by atoms with Gasteiger partial charge in [0.15, 0.2) is 0 Å². The molecule has 3 aromatic rings. The molecule has 1 saturated carbocycles. The third-order valence-electron chi connectivity index (χ3n) is 5.50. The second-order valence-corrected chi connectivity index (χ2v) is 7.49. The molecule has 130 valence electrons. The molecule has 0 spiro atoms. The van der Waals surface area contributed by atoms with Gasteiger partial charge in [-0.2, -0.15) is 5.10 Å². The number of aromatic nitrogens is 6. The van der Waals surface area contributed by atoms with Gasteiger partial charge in [0.05, 0.1) is 6.20 Å². The summed E-state index contributed by atoms with van der Waals surface area (Å²) in [7, 11) is 1.93. The molecule has 4 heterocycles. The second kappa shape index (κ2) is 5.91. The lowest BCUT2D eigenvalue weighted by Crippen LogP contribution is -2.34. The normalized spacial score (nSPS) is 19.7. The number of hydrogen-bond acceptors (Lipinski definition) is 5. The Morgan fingerprint density at radius 2 is 1.80 bits per heavy atom. The molecule has 1 aliphatic carbocycles. The van der Waals surface area contributed by atoms with E-state index in [4.69, 9.17) is 0 Å². The lowest BCUT2D eigenvalue weighted by Gasteiger charge is -2.31. The molecule has 0 unspecified atom stereocenters. The minimum atomic E-state index is 0.469. The predicted octanol–water partition coefficient (Wildman–Crippen LogP) is 2.11. The highest BCUT2D eigenvalue weighted by Gasteiger charge is 2.29. The molecule has 0 radical (unpaired) electrons. The quantitative estimate of drug-likeness (QED) is 0.730. The molecule has 3 aromatic heterocycles. The van der Waals surface area contributed by atoms with Crippen LogP contribution in [0.4, 0.5) is 0 Å². The number of rotatable bonds is 4. The van der Waals surface area contributed by atoms with Crippen LogP contribution in [0.15, 0.2) is 24.8 Å². The summed E-state index contributed by atoms with van der Waals surface area (Å²) in [6.07, 6.45) is 13.0. The second-order valence-electron chi connectivity index (χ2n) is 7.49. The van der Waals surface area contributed by atoms with Gasteiger partial charge in [0, 0.05) is 49.2 Å². The largest absolute Gasteiger partial charge is 0.303 e. The maximum atomic E-state index is 4.49. The van der Waals surface area contributed by atoms with Gasteiger partial charge in [-0.3, -0.25) is 9.08 Å². The lowest BCUT2D eigenvalue weighted by molar-refractivity contribution is 0.201. The third-order valence-corrected chi connectivity index (χ3v) is 5.50. The molecular weight excluding hydrogens is 314 g/mol. The molecule has 1 saturated heterocycles. The minimum absolute atomic E-state index is 0.469. The molecule has 1 aliphatic heterocycles. The van der Waals surface area contributed by atoms with Crippen molar-refractivity contribution >= 4 is 5.78 Å². The summed E-state index contributed by atoms with van der Waals surface area (Å²) in [5.74, 6) is 3.18. The van der Waals surface area contributed by atoms with Crippen LogP contribution in [0.3, 0.4) is 0 Å². The van der Waals surface area contributed by atoms with E-state index in [9.17, 15) is 0 Å². The zero-order chi connectivity index (χ0) is 16.8. The Morgan fingerprint density at radius 1 is 1.00 bits per heavy atom. The van der Waals surface area contributed by atoms with Gasteiger partial charge < -0.3 is 4.90 Å². The summed E-state index contributed by atoms with van der Waals surface area (Å²) in [6, 6.07) is 0. The summed E-state index contributed by atoms with van der Waals surface area (Å²) >= 11 is 0. The Morgan fingerprint density at radius 3 is 2.52 bits per heavy atom. The number of hydrogen-bond donors (Lipinski definition) is 0. The Kier molecular flexibility index (Phi) is 3.55. The fourth-order valence-corrected chi connectivity index (χ4v) is 3.84. The van der Waals surface area contributed by atoms with Crippen molar-refractivity contribution in [3.05, 3.63) is 30.6 Å². The van der Waals surface area contributed by atoms with Crippen LogP contribution in [0.1, 0.15) is 37.4 Å². The van der Waals surface area contributed by atoms with Crippen molar-refractivity contribution in [1.29, 1.82) is 0 Å². The highest BCUT2D eigenvalue weighted by Crippen LogP contribution is 2.33. The number of aryl methyl sites for hydroxylation is 1. The van der Waals surface area contributed by atoms with Crippen LogP contribution in [0.5, 0.6) is 0 Å². The van der Waals surface area contributed by atoms with Gasteiger partial charge in [-0.1, -0.05) is 0 Å². The molecule has 5 rings (SSSR count). The first kappa shape index (κ1) is 15.0. The predicted molar refractivity (Wildman–Crippen MR) is 94.1 cm³/mol. The van der Waals surface area contributed by atoms with E-state index < -0.39 is 0 Å². The fraction of sp³-hybridized carbons (Fsp3) is 0.556. The molecule has 0 amide bonds. The maximum absolute atomic E-state index is 4.49. The van der Waals surface area contributed by atoms with Crippen LogP contribution < -0.4 is 0 Å². The van der Waals surface area contributed by atoms with Gasteiger partial charge in [0.1, 0.15) is 5.82 Å². The highest BCUT2D eigenvalue weighted by molar-refractivity contribution is 5.60. The third kappa shape index (κ3) is 2.93. The summed E-state index contributed by atoms with van der Waals surface area (Å²) < 4.78 is 3.88. The highest BCUT2D eigenvalue weighted by atomic mass is 15.3. The van der Waals surface area contributed by atoms with E-state index in [2.05, 4.69) is 35.8 Å². The molecular formula is C18H23N7. The van der Waals surface area contributed by atoms with E-state index in [0.29, 0.717) is 11.7 Å². The fourth-order valence-electron chi connectivity index (χ4n) is 3.84. The first-order valence-electron chi connectivity index (χ1n) is 9.18. The van der Waals surface area contributed by atoms with Gasteiger partial charge in [-0.05, 0) is 44.7 Å². The minimum Gasteiger partial charge on any atom is -0.303 e. The van der Waals surface area contributed by atoms with Crippen LogP contribution in [-0.2, 0) is 7.05 Å². The number of piperidine rings is 1. The smallest absolute Gasteiger partial charge is 0.254 e.